The maximum atomic E-state index is 7.31. The molecule has 0 aliphatic heterocycles. The van der Waals surface area contributed by atoms with E-state index in [1.165, 1.54) is 0 Å². The molecule has 0 spiro atoms. The fourth-order valence-corrected chi connectivity index (χ4v) is 0. The van der Waals surface area contributed by atoms with Crippen LogP contribution in [0.25, 0.3) is 0 Å². The molecule has 1 atom stereocenters. The molecule has 0 aromatic heterocycles. The van der Waals surface area contributed by atoms with Gasteiger partial charge in [-0.3, -0.25) is 0 Å². The Hall–Kier alpha value is 1.87. The zero-order valence-electron chi connectivity index (χ0n) is 6.07. The minimum absolute atomic E-state index is 0. The van der Waals surface area contributed by atoms with E-state index in [9.17, 15) is 0 Å². The van der Waals surface area contributed by atoms with E-state index < -0.39 is 47.0 Å². The van der Waals surface area contributed by atoms with Gasteiger partial charge in [-0.05, 0) is 0 Å². The SMILES string of the molecule is O[As](O)O.O[As](O)O.O[As](O)O.[AsH3]. The monoisotopic (exact) mass is 456 g/mol. The van der Waals surface area contributed by atoms with Crippen molar-refractivity contribution in [3.8, 4) is 0 Å². The van der Waals surface area contributed by atoms with E-state index in [4.69, 9.17) is 36.9 Å². The molecular formula is H12As4O9. The topological polar surface area (TPSA) is 182 Å². The van der Waals surface area contributed by atoms with Gasteiger partial charge < -0.3 is 0 Å². The van der Waals surface area contributed by atoms with E-state index in [1.54, 1.807) is 0 Å². The second-order valence-corrected chi connectivity index (χ2v) is 4.18. The van der Waals surface area contributed by atoms with Crippen LogP contribution < -0.4 is 0 Å². The van der Waals surface area contributed by atoms with Gasteiger partial charge in [0.15, 0.2) is 0 Å². The first-order chi connectivity index (χ1) is 5.20. The van der Waals surface area contributed by atoms with E-state index in [-0.39, 0.29) is 18.0 Å². The van der Waals surface area contributed by atoms with Crippen LogP contribution in [0.1, 0.15) is 0 Å². The Morgan fingerprint density at radius 1 is 0.385 bits per heavy atom. The molecule has 0 fully saturated rings. The van der Waals surface area contributed by atoms with Gasteiger partial charge in [-0.15, -0.1) is 0 Å². The van der Waals surface area contributed by atoms with Crippen LogP contribution in [0.4, 0.5) is 0 Å². The number of hydrogen-bond donors (Lipinski definition) is 9. The van der Waals surface area contributed by atoms with Crippen LogP contribution >= 0.6 is 0 Å². The zero-order valence-corrected chi connectivity index (χ0v) is 14.7. The van der Waals surface area contributed by atoms with Crippen molar-refractivity contribution < 1.29 is 36.9 Å². The second-order valence-electron chi connectivity index (χ2n) is 0.805. The summed E-state index contributed by atoms with van der Waals surface area (Å²) >= 11 is -9.56. The second kappa shape index (κ2) is 19.4. The molecule has 1 unspecified atom stereocenters. The van der Waals surface area contributed by atoms with E-state index in [2.05, 4.69) is 0 Å². The summed E-state index contributed by atoms with van der Waals surface area (Å²) in [5, 5.41) is 0. The third-order valence-corrected chi connectivity index (χ3v) is 0. The van der Waals surface area contributed by atoms with E-state index in [0.717, 1.165) is 0 Å². The molecular weight excluding hydrogens is 444 g/mol. The maximum absolute atomic E-state index is 7.31. The molecule has 0 aromatic carbocycles. The molecule has 0 amide bonds. The Morgan fingerprint density at radius 3 is 0.385 bits per heavy atom. The summed E-state index contributed by atoms with van der Waals surface area (Å²) in [5.41, 5.74) is 0. The van der Waals surface area contributed by atoms with Crippen molar-refractivity contribution in [1.29, 1.82) is 0 Å². The molecule has 0 saturated carbocycles. The van der Waals surface area contributed by atoms with Gasteiger partial charge in [0.25, 0.3) is 0 Å². The van der Waals surface area contributed by atoms with Gasteiger partial charge in [-0.2, -0.15) is 0 Å². The fourth-order valence-electron chi connectivity index (χ4n) is 0. The van der Waals surface area contributed by atoms with Crippen molar-refractivity contribution in [2.45, 2.75) is 0 Å². The average Bonchev–Trinajstić information content (AvgIpc) is 1.54. The van der Waals surface area contributed by atoms with Gasteiger partial charge in [0.2, 0.25) is 0 Å². The van der Waals surface area contributed by atoms with Crippen LogP contribution in [0.2, 0.25) is 0 Å². The summed E-state index contributed by atoms with van der Waals surface area (Å²) in [5.74, 6) is 0. The molecule has 0 heterocycles. The first-order valence-corrected chi connectivity index (χ1v) is 9.35. The van der Waals surface area contributed by atoms with Crippen LogP contribution in [0.3, 0.4) is 0 Å². The van der Waals surface area contributed by atoms with Crippen molar-refractivity contribution in [3.05, 3.63) is 0 Å². The standard InChI is InChI=1S/3AsH3O3.AsH3/c3*2-1(3)4;/h3*2-4H;1H3. The Bertz CT molecular complexity index is 40.1. The van der Waals surface area contributed by atoms with Gasteiger partial charge in [-0.25, -0.2) is 0 Å². The molecule has 9 nitrogen and oxygen atoms in total. The van der Waals surface area contributed by atoms with Crippen LogP contribution in [0, 0.1) is 0 Å². The summed E-state index contributed by atoms with van der Waals surface area (Å²) < 4.78 is 65.8. The van der Waals surface area contributed by atoms with Crippen molar-refractivity contribution in [1.82, 2.24) is 0 Å². The summed E-state index contributed by atoms with van der Waals surface area (Å²) in [6, 6.07) is 0. The Kier molecular flexibility index (Phi) is 36.2. The Labute approximate surface area is 101 Å². The van der Waals surface area contributed by atoms with Crippen molar-refractivity contribution in [2.24, 2.45) is 0 Å². The van der Waals surface area contributed by atoms with Gasteiger partial charge >= 0.3 is 102 Å². The molecule has 0 saturated heterocycles. The van der Waals surface area contributed by atoms with Gasteiger partial charge in [0.1, 0.15) is 0 Å². The first-order valence-electron chi connectivity index (χ1n) is 1.80. The normalized spacial score (nSPS) is 8.31. The Morgan fingerprint density at radius 2 is 0.385 bits per heavy atom. The van der Waals surface area contributed by atoms with E-state index in [0.29, 0.717) is 0 Å². The predicted octanol–water partition coefficient (Wildman–Crippen LogP) is -7.34. The average molecular weight is 456 g/mol. The van der Waals surface area contributed by atoms with Crippen LogP contribution in [0.15, 0.2) is 0 Å². The molecule has 0 aliphatic rings. The predicted molar refractivity (Wildman–Crippen MR) is 47.2 cm³/mol. The van der Waals surface area contributed by atoms with E-state index in [1.807, 2.05) is 0 Å². The van der Waals surface area contributed by atoms with Gasteiger partial charge in [-0.1, -0.05) is 0 Å². The van der Waals surface area contributed by atoms with Crippen LogP contribution in [0.5, 0.6) is 0 Å². The Balaban J connectivity index is -0.0000000450. The molecule has 86 valence electrons. The molecule has 0 radical (unpaired) electrons. The molecule has 13 heteroatoms. The fraction of sp³-hybridized carbons (Fsp3) is 0. The number of hydrogen-bond acceptors (Lipinski definition) is 9. The quantitative estimate of drug-likeness (QED) is 0.160. The molecule has 0 rings (SSSR count). The third-order valence-electron chi connectivity index (χ3n) is 0. The molecule has 9 N–H and O–H groups in total. The summed E-state index contributed by atoms with van der Waals surface area (Å²) in [6.45, 7) is 0. The molecule has 13 heavy (non-hydrogen) atoms. The van der Waals surface area contributed by atoms with Gasteiger partial charge in [0, 0.05) is 0 Å². The summed E-state index contributed by atoms with van der Waals surface area (Å²) in [4.78, 5) is 0. The van der Waals surface area contributed by atoms with Crippen molar-refractivity contribution in [2.75, 3.05) is 0 Å². The molecule has 0 aromatic rings. The third kappa shape index (κ3) is 557. The van der Waals surface area contributed by atoms with Crippen molar-refractivity contribution in [3.63, 3.8) is 0 Å². The van der Waals surface area contributed by atoms with E-state index >= 15 is 0 Å². The number of rotatable bonds is 0. The molecule has 0 bridgehead atoms. The summed E-state index contributed by atoms with van der Waals surface area (Å²) in [6.07, 6.45) is 0. The first kappa shape index (κ1) is 24.2. The summed E-state index contributed by atoms with van der Waals surface area (Å²) in [7, 11) is 0. The van der Waals surface area contributed by atoms with Crippen molar-refractivity contribution >= 4 is 65.0 Å². The van der Waals surface area contributed by atoms with Gasteiger partial charge in [0.05, 0.1) is 0 Å². The minimum atomic E-state index is -3.19. The molecule has 0 aliphatic carbocycles. The zero-order chi connectivity index (χ0) is 10.7. The van der Waals surface area contributed by atoms with Crippen LogP contribution in [-0.2, 0) is 0 Å². The van der Waals surface area contributed by atoms with Crippen LogP contribution in [-0.4, -0.2) is 102 Å².